The number of aromatic nitrogens is 3. The molecule has 0 radical (unpaired) electrons. The van der Waals surface area contributed by atoms with Crippen LogP contribution in [-0.2, 0) is 16.6 Å². The van der Waals surface area contributed by atoms with E-state index in [-0.39, 0.29) is 49.5 Å². The summed E-state index contributed by atoms with van der Waals surface area (Å²) in [5.74, 6) is -0.196. The summed E-state index contributed by atoms with van der Waals surface area (Å²) in [5.41, 5.74) is 3.29. The number of sulfonamides is 1. The van der Waals surface area contributed by atoms with E-state index < -0.39 is 10.0 Å². The van der Waals surface area contributed by atoms with Gasteiger partial charge in [0.05, 0.1) is 11.0 Å². The molecular weight excluding hydrogens is 506 g/mol. The van der Waals surface area contributed by atoms with Crippen LogP contribution in [0.1, 0.15) is 16.1 Å². The molecule has 0 saturated carbocycles. The number of nitrogens with one attached hydrogen (secondary N) is 1. The number of benzene rings is 2. The molecule has 5 rings (SSSR count). The van der Waals surface area contributed by atoms with E-state index in [9.17, 15) is 23.5 Å². The summed E-state index contributed by atoms with van der Waals surface area (Å²) >= 11 is 5.98. The number of carbonyl (C=O) groups is 1. The van der Waals surface area contributed by atoms with Crippen molar-refractivity contribution in [2.24, 2.45) is 0 Å². The Morgan fingerprint density at radius 3 is 2.47 bits per heavy atom. The number of amides is 1. The standard InChI is InChI=1S/C24H22ClN5O5S/c25-19-5-6-21-22(14-19)27-24(26-21)36(34,35)29-11-9-28(10-12-29)23(32)17-3-1-16(2-4-17)18-7-8-30(33)20(13-18)15-31/h1-8,13-14,31H,9-12,15H2,(H,26,27). The monoisotopic (exact) mass is 527 g/mol. The van der Waals surface area contributed by atoms with Crippen molar-refractivity contribution >= 4 is 38.6 Å². The minimum Gasteiger partial charge on any atom is -0.618 e. The molecule has 0 unspecified atom stereocenters. The van der Waals surface area contributed by atoms with Crippen LogP contribution in [0.4, 0.5) is 0 Å². The molecule has 2 N–H and O–H groups in total. The fourth-order valence-electron chi connectivity index (χ4n) is 4.15. The first-order valence-corrected chi connectivity index (χ1v) is 13.0. The molecule has 2 aromatic carbocycles. The Morgan fingerprint density at radius 1 is 1.06 bits per heavy atom. The Bertz CT molecular complexity index is 1550. The van der Waals surface area contributed by atoms with Gasteiger partial charge in [-0.1, -0.05) is 23.7 Å². The smallest absolute Gasteiger partial charge is 0.276 e. The average Bonchev–Trinajstić information content (AvgIpc) is 3.33. The lowest BCUT2D eigenvalue weighted by Gasteiger charge is -2.33. The van der Waals surface area contributed by atoms with Gasteiger partial charge in [0.25, 0.3) is 15.9 Å². The van der Waals surface area contributed by atoms with Crippen molar-refractivity contribution in [3.05, 3.63) is 82.3 Å². The Labute approximate surface area is 212 Å². The Hall–Kier alpha value is -3.51. The molecule has 0 spiro atoms. The molecule has 10 nitrogen and oxygen atoms in total. The maximum absolute atomic E-state index is 13.1. The van der Waals surface area contributed by atoms with Gasteiger partial charge in [-0.15, -0.1) is 0 Å². The fraction of sp³-hybridized carbons (Fsp3) is 0.208. The normalized spacial score (nSPS) is 14.9. The number of aliphatic hydroxyl groups is 1. The van der Waals surface area contributed by atoms with E-state index in [4.69, 9.17) is 11.6 Å². The summed E-state index contributed by atoms with van der Waals surface area (Å²) < 4.78 is 28.1. The first-order valence-electron chi connectivity index (χ1n) is 11.1. The number of rotatable bonds is 5. The van der Waals surface area contributed by atoms with Crippen LogP contribution >= 0.6 is 11.6 Å². The molecule has 3 heterocycles. The predicted octanol–water partition coefficient (Wildman–Crippen LogP) is 2.16. The third-order valence-electron chi connectivity index (χ3n) is 6.15. The largest absolute Gasteiger partial charge is 0.618 e. The van der Waals surface area contributed by atoms with Crippen molar-refractivity contribution in [2.75, 3.05) is 26.2 Å². The summed E-state index contributed by atoms with van der Waals surface area (Å²) in [6.07, 6.45) is 1.33. The zero-order valence-electron chi connectivity index (χ0n) is 19.0. The molecule has 12 heteroatoms. The third-order valence-corrected chi connectivity index (χ3v) is 8.12. The minimum absolute atomic E-state index is 0.146. The van der Waals surface area contributed by atoms with Crippen LogP contribution in [0.2, 0.25) is 5.02 Å². The zero-order chi connectivity index (χ0) is 25.4. The van der Waals surface area contributed by atoms with Crippen molar-refractivity contribution in [1.82, 2.24) is 19.2 Å². The van der Waals surface area contributed by atoms with E-state index in [2.05, 4.69) is 9.97 Å². The number of aliphatic hydroxyl groups excluding tert-OH is 1. The maximum atomic E-state index is 13.1. The number of halogens is 1. The summed E-state index contributed by atoms with van der Waals surface area (Å²) in [5, 5.41) is 21.3. The number of aromatic amines is 1. The van der Waals surface area contributed by atoms with Crippen molar-refractivity contribution in [3.63, 3.8) is 0 Å². The van der Waals surface area contributed by atoms with E-state index in [1.165, 1.54) is 10.5 Å². The summed E-state index contributed by atoms with van der Waals surface area (Å²) in [4.78, 5) is 21.7. The highest BCUT2D eigenvalue weighted by molar-refractivity contribution is 7.89. The van der Waals surface area contributed by atoms with E-state index >= 15 is 0 Å². The van der Waals surface area contributed by atoms with E-state index in [0.29, 0.717) is 26.3 Å². The zero-order valence-corrected chi connectivity index (χ0v) is 20.5. The van der Waals surface area contributed by atoms with Crippen LogP contribution in [0.3, 0.4) is 0 Å². The highest BCUT2D eigenvalue weighted by Gasteiger charge is 2.32. The Kier molecular flexibility index (Phi) is 6.39. The van der Waals surface area contributed by atoms with Gasteiger partial charge in [0, 0.05) is 48.9 Å². The van der Waals surface area contributed by atoms with Crippen molar-refractivity contribution in [1.29, 1.82) is 0 Å². The Morgan fingerprint density at radius 2 is 1.78 bits per heavy atom. The number of pyridine rings is 1. The van der Waals surface area contributed by atoms with Crippen molar-refractivity contribution in [3.8, 4) is 11.1 Å². The topological polar surface area (TPSA) is 134 Å². The second kappa shape index (κ2) is 9.51. The van der Waals surface area contributed by atoms with Crippen LogP contribution in [0.25, 0.3) is 22.2 Å². The molecule has 4 aromatic rings. The first kappa shape index (κ1) is 24.2. The van der Waals surface area contributed by atoms with Crippen LogP contribution in [0.15, 0.2) is 66.0 Å². The number of carbonyl (C=O) groups excluding carboxylic acids is 1. The number of fused-ring (bicyclic) bond motifs is 1. The molecule has 0 atom stereocenters. The fourth-order valence-corrected chi connectivity index (χ4v) is 5.67. The van der Waals surface area contributed by atoms with Gasteiger partial charge >= 0.3 is 0 Å². The maximum Gasteiger partial charge on any atom is 0.276 e. The molecule has 1 saturated heterocycles. The lowest BCUT2D eigenvalue weighted by molar-refractivity contribution is -0.616. The molecule has 186 valence electrons. The third kappa shape index (κ3) is 4.53. The molecular formula is C24H22ClN5O5S. The van der Waals surface area contributed by atoms with Gasteiger partial charge in [0.2, 0.25) is 10.9 Å². The summed E-state index contributed by atoms with van der Waals surface area (Å²) in [6.45, 7) is 0.405. The molecule has 1 aliphatic heterocycles. The molecule has 36 heavy (non-hydrogen) atoms. The van der Waals surface area contributed by atoms with E-state index in [1.807, 2.05) is 0 Å². The number of hydrogen-bond acceptors (Lipinski definition) is 6. The minimum atomic E-state index is -3.85. The van der Waals surface area contributed by atoms with E-state index in [0.717, 1.165) is 11.1 Å². The molecule has 1 aliphatic rings. The van der Waals surface area contributed by atoms with Gasteiger partial charge in [-0.25, -0.2) is 13.4 Å². The van der Waals surface area contributed by atoms with Crippen LogP contribution in [-0.4, -0.2) is 64.8 Å². The second-order valence-corrected chi connectivity index (χ2v) is 10.7. The van der Waals surface area contributed by atoms with Gasteiger partial charge < -0.3 is 20.2 Å². The number of hydrogen-bond donors (Lipinski definition) is 2. The number of piperazine rings is 1. The van der Waals surface area contributed by atoms with Gasteiger partial charge in [-0.3, -0.25) is 4.79 Å². The predicted molar refractivity (Wildman–Crippen MR) is 133 cm³/mol. The second-order valence-electron chi connectivity index (χ2n) is 8.37. The summed E-state index contributed by atoms with van der Waals surface area (Å²) in [7, 11) is -3.85. The molecule has 0 aliphatic carbocycles. The van der Waals surface area contributed by atoms with Gasteiger partial charge in [-0.2, -0.15) is 9.04 Å². The van der Waals surface area contributed by atoms with Crippen molar-refractivity contribution in [2.45, 2.75) is 11.8 Å². The highest BCUT2D eigenvalue weighted by Crippen LogP contribution is 2.23. The van der Waals surface area contributed by atoms with Crippen LogP contribution in [0.5, 0.6) is 0 Å². The SMILES string of the molecule is O=C(c1ccc(-c2cc[n+]([O-])c(CO)c2)cc1)N1CCN(S(=O)(=O)c2nc3ccc(Cl)cc3[nH]2)CC1. The Balaban J connectivity index is 1.26. The summed E-state index contributed by atoms with van der Waals surface area (Å²) in [6, 6.07) is 15.1. The highest BCUT2D eigenvalue weighted by atomic mass is 35.5. The van der Waals surface area contributed by atoms with Gasteiger partial charge in [0.15, 0.2) is 6.20 Å². The lowest BCUT2D eigenvalue weighted by Crippen LogP contribution is -2.50. The average molecular weight is 528 g/mol. The van der Waals surface area contributed by atoms with Gasteiger partial charge in [0.1, 0.15) is 6.61 Å². The molecule has 0 bridgehead atoms. The lowest BCUT2D eigenvalue weighted by atomic mass is 10.0. The molecule has 2 aromatic heterocycles. The van der Waals surface area contributed by atoms with E-state index in [1.54, 1.807) is 59.5 Å². The number of imidazole rings is 1. The van der Waals surface area contributed by atoms with Gasteiger partial charge in [-0.05, 0) is 41.5 Å². The van der Waals surface area contributed by atoms with Crippen LogP contribution < -0.4 is 4.73 Å². The molecule has 1 fully saturated rings. The molecule has 1 amide bonds. The number of H-pyrrole nitrogens is 1. The van der Waals surface area contributed by atoms with Crippen molar-refractivity contribution < 1.29 is 23.0 Å². The first-order chi connectivity index (χ1) is 17.3. The van der Waals surface area contributed by atoms with Crippen LogP contribution in [0, 0.1) is 5.21 Å². The number of nitrogens with zero attached hydrogens (tertiary/aromatic N) is 4. The quantitative estimate of drug-likeness (QED) is 0.302.